The van der Waals surface area contributed by atoms with Crippen LogP contribution in [0, 0.1) is 6.92 Å². The first-order valence-electron chi connectivity index (χ1n) is 12.1. The number of aryl methyl sites for hydroxylation is 1. The van der Waals surface area contributed by atoms with Gasteiger partial charge in [0.15, 0.2) is 0 Å². The fourth-order valence-electron chi connectivity index (χ4n) is 5.39. The summed E-state index contributed by atoms with van der Waals surface area (Å²) in [6, 6.07) is 6.89. The summed E-state index contributed by atoms with van der Waals surface area (Å²) in [4.78, 5) is 27.8. The van der Waals surface area contributed by atoms with Gasteiger partial charge in [0.1, 0.15) is 0 Å². The Morgan fingerprint density at radius 3 is 2.56 bits per heavy atom. The fraction of sp³-hybridized carbons (Fsp3) is 0.600. The van der Waals surface area contributed by atoms with Crippen molar-refractivity contribution in [1.82, 2.24) is 14.9 Å². The molecule has 1 aromatic heterocycles. The molecule has 172 valence electrons. The van der Waals surface area contributed by atoms with E-state index in [1.807, 2.05) is 0 Å². The lowest BCUT2D eigenvalue weighted by Gasteiger charge is -2.36. The maximum atomic E-state index is 12.8. The maximum Gasteiger partial charge on any atom is 0.255 e. The number of anilines is 2. The Morgan fingerprint density at radius 2 is 1.84 bits per heavy atom. The van der Waals surface area contributed by atoms with E-state index in [2.05, 4.69) is 58.7 Å². The third-order valence-electron chi connectivity index (χ3n) is 7.05. The van der Waals surface area contributed by atoms with Gasteiger partial charge in [-0.25, -0.2) is 4.98 Å². The second-order valence-corrected chi connectivity index (χ2v) is 9.74. The van der Waals surface area contributed by atoms with Gasteiger partial charge in [0, 0.05) is 57.1 Å². The van der Waals surface area contributed by atoms with E-state index < -0.39 is 0 Å². The van der Waals surface area contributed by atoms with Gasteiger partial charge in [-0.15, -0.1) is 0 Å². The summed E-state index contributed by atoms with van der Waals surface area (Å²) in [5, 5.41) is 0. The zero-order valence-electron chi connectivity index (χ0n) is 19.6. The molecule has 0 spiro atoms. The zero-order chi connectivity index (χ0) is 22.2. The molecule has 1 aromatic carbocycles. The molecule has 32 heavy (non-hydrogen) atoms. The van der Waals surface area contributed by atoms with Crippen molar-refractivity contribution >= 4 is 11.6 Å². The predicted molar refractivity (Wildman–Crippen MR) is 128 cm³/mol. The van der Waals surface area contributed by atoms with Gasteiger partial charge in [-0.2, -0.15) is 0 Å². The number of ether oxygens (including phenoxy) is 1. The van der Waals surface area contributed by atoms with Gasteiger partial charge in [0.2, 0.25) is 5.95 Å². The van der Waals surface area contributed by atoms with Gasteiger partial charge >= 0.3 is 0 Å². The van der Waals surface area contributed by atoms with Crippen LogP contribution < -0.4 is 15.4 Å². The van der Waals surface area contributed by atoms with Crippen LogP contribution in [0.4, 0.5) is 11.6 Å². The van der Waals surface area contributed by atoms with Crippen molar-refractivity contribution in [2.75, 3.05) is 42.5 Å². The zero-order valence-corrected chi connectivity index (χ0v) is 19.6. The van der Waals surface area contributed by atoms with Gasteiger partial charge < -0.3 is 14.5 Å². The molecule has 0 saturated carbocycles. The molecular formula is C25H35N5O2. The minimum absolute atomic E-state index is 0.0163. The SMILES string of the molecule is Cc1cc(N2CCCC2)ccc1CN1CCc2c(nc(N3C[C@@H](C)O[C@@H](C)C3)[nH]c2=O)C1. The first kappa shape index (κ1) is 21.5. The first-order valence-corrected chi connectivity index (χ1v) is 12.1. The molecular weight excluding hydrogens is 402 g/mol. The van der Waals surface area contributed by atoms with E-state index in [9.17, 15) is 4.79 Å². The summed E-state index contributed by atoms with van der Waals surface area (Å²) in [6.45, 7) is 12.7. The molecule has 0 radical (unpaired) electrons. The Hall–Kier alpha value is -2.38. The standard InChI is InChI=1S/C25H35N5O2/c1-17-12-21(29-9-4-5-10-29)7-6-20(17)15-28-11-8-22-23(16-28)26-25(27-24(22)31)30-13-18(2)32-19(3)14-30/h6-7,12,18-19H,4-5,8-11,13-16H2,1-3H3,(H,26,27,31)/t18-,19+. The molecule has 2 atom stereocenters. The van der Waals surface area contributed by atoms with Gasteiger partial charge in [-0.05, 0) is 63.3 Å². The number of aromatic nitrogens is 2. The second kappa shape index (κ2) is 8.87. The summed E-state index contributed by atoms with van der Waals surface area (Å²) in [5.74, 6) is 0.684. The molecule has 0 unspecified atom stereocenters. The van der Waals surface area contributed by atoms with Crippen molar-refractivity contribution in [3.05, 3.63) is 50.9 Å². The van der Waals surface area contributed by atoms with E-state index in [0.717, 1.165) is 50.4 Å². The van der Waals surface area contributed by atoms with E-state index in [4.69, 9.17) is 9.72 Å². The van der Waals surface area contributed by atoms with Crippen molar-refractivity contribution in [3.8, 4) is 0 Å². The first-order chi connectivity index (χ1) is 15.5. The van der Waals surface area contributed by atoms with E-state index in [-0.39, 0.29) is 17.8 Å². The molecule has 2 aromatic rings. The van der Waals surface area contributed by atoms with Crippen LogP contribution in [0.15, 0.2) is 23.0 Å². The normalized spacial score (nSPS) is 24.1. The highest BCUT2D eigenvalue weighted by molar-refractivity contribution is 5.51. The number of morpholine rings is 1. The molecule has 7 nitrogen and oxygen atoms in total. The van der Waals surface area contributed by atoms with E-state index in [1.165, 1.54) is 42.7 Å². The quantitative estimate of drug-likeness (QED) is 0.794. The van der Waals surface area contributed by atoms with E-state index >= 15 is 0 Å². The Balaban J connectivity index is 1.32. The predicted octanol–water partition coefficient (Wildman–Crippen LogP) is 2.85. The lowest BCUT2D eigenvalue weighted by molar-refractivity contribution is -0.00576. The maximum absolute atomic E-state index is 12.8. The van der Waals surface area contributed by atoms with Crippen LogP contribution in [0.5, 0.6) is 0 Å². The highest BCUT2D eigenvalue weighted by Gasteiger charge is 2.27. The molecule has 3 aliphatic heterocycles. The van der Waals surface area contributed by atoms with Gasteiger partial charge in [-0.3, -0.25) is 14.7 Å². The van der Waals surface area contributed by atoms with Crippen LogP contribution in [0.25, 0.3) is 0 Å². The van der Waals surface area contributed by atoms with Crippen molar-refractivity contribution in [2.24, 2.45) is 0 Å². The van der Waals surface area contributed by atoms with Crippen molar-refractivity contribution in [1.29, 1.82) is 0 Å². The third-order valence-corrected chi connectivity index (χ3v) is 7.05. The van der Waals surface area contributed by atoms with Crippen LogP contribution in [-0.4, -0.2) is 59.8 Å². The molecule has 4 heterocycles. The van der Waals surface area contributed by atoms with Gasteiger partial charge in [0.25, 0.3) is 5.56 Å². The molecule has 0 aliphatic carbocycles. The van der Waals surface area contributed by atoms with Gasteiger partial charge in [0.05, 0.1) is 17.9 Å². The molecule has 5 rings (SSSR count). The minimum atomic E-state index is 0.0163. The van der Waals surface area contributed by atoms with Gasteiger partial charge in [-0.1, -0.05) is 6.07 Å². The van der Waals surface area contributed by atoms with Crippen LogP contribution in [0.3, 0.4) is 0 Å². The molecule has 0 amide bonds. The molecule has 2 saturated heterocycles. The number of rotatable bonds is 4. The van der Waals surface area contributed by atoms with Crippen LogP contribution in [-0.2, 0) is 24.2 Å². The molecule has 3 aliphatic rings. The smallest absolute Gasteiger partial charge is 0.255 e. The lowest BCUT2D eigenvalue weighted by Crippen LogP contribution is -2.47. The van der Waals surface area contributed by atoms with Crippen molar-refractivity contribution in [3.63, 3.8) is 0 Å². The fourth-order valence-corrected chi connectivity index (χ4v) is 5.39. The second-order valence-electron chi connectivity index (χ2n) is 9.74. The van der Waals surface area contributed by atoms with Crippen LogP contribution >= 0.6 is 0 Å². The molecule has 2 fully saturated rings. The Kier molecular flexibility index (Phi) is 5.95. The number of benzene rings is 1. The molecule has 0 bridgehead atoms. The van der Waals surface area contributed by atoms with Crippen molar-refractivity contribution < 1.29 is 4.74 Å². The van der Waals surface area contributed by atoms with Crippen molar-refractivity contribution in [2.45, 2.75) is 65.3 Å². The molecule has 1 N–H and O–H groups in total. The summed E-state index contributed by atoms with van der Waals surface area (Å²) in [7, 11) is 0. The monoisotopic (exact) mass is 437 g/mol. The third kappa shape index (κ3) is 4.41. The topological polar surface area (TPSA) is 64.7 Å². The van der Waals surface area contributed by atoms with Crippen LogP contribution in [0.1, 0.15) is 49.1 Å². The average molecular weight is 438 g/mol. The number of aromatic amines is 1. The molecule has 7 heteroatoms. The number of nitrogens with one attached hydrogen (secondary N) is 1. The Labute approximate surface area is 190 Å². The number of hydrogen-bond acceptors (Lipinski definition) is 6. The summed E-state index contributed by atoms with van der Waals surface area (Å²) in [6.07, 6.45) is 3.60. The minimum Gasteiger partial charge on any atom is -0.372 e. The number of fused-ring (bicyclic) bond motifs is 1. The van der Waals surface area contributed by atoms with E-state index in [1.54, 1.807) is 0 Å². The largest absolute Gasteiger partial charge is 0.372 e. The van der Waals surface area contributed by atoms with E-state index in [0.29, 0.717) is 5.95 Å². The lowest BCUT2D eigenvalue weighted by atomic mass is 10.0. The highest BCUT2D eigenvalue weighted by atomic mass is 16.5. The summed E-state index contributed by atoms with van der Waals surface area (Å²) >= 11 is 0. The number of hydrogen-bond donors (Lipinski definition) is 1. The Morgan fingerprint density at radius 1 is 1.09 bits per heavy atom. The Bertz CT molecular complexity index is 1020. The van der Waals surface area contributed by atoms with Crippen LogP contribution in [0.2, 0.25) is 0 Å². The highest BCUT2D eigenvalue weighted by Crippen LogP contribution is 2.25. The summed E-state index contributed by atoms with van der Waals surface area (Å²) in [5.41, 5.74) is 5.84. The number of nitrogens with zero attached hydrogens (tertiary/aromatic N) is 4. The summed E-state index contributed by atoms with van der Waals surface area (Å²) < 4.78 is 5.84. The number of H-pyrrole nitrogens is 1. The average Bonchev–Trinajstić information content (AvgIpc) is 3.29.